The van der Waals surface area contributed by atoms with Gasteiger partial charge in [-0.3, -0.25) is 14.4 Å². The van der Waals surface area contributed by atoms with Gasteiger partial charge in [0.2, 0.25) is 0 Å². The number of hydrogen-bond acceptors (Lipinski definition) is 5. The highest BCUT2D eigenvalue weighted by atomic mass is 35.5. The number of rotatable bonds is 6. The molecule has 7 nitrogen and oxygen atoms in total. The van der Waals surface area contributed by atoms with E-state index in [1.165, 1.54) is 34.4 Å². The maximum absolute atomic E-state index is 12.9. The van der Waals surface area contributed by atoms with E-state index >= 15 is 0 Å². The number of amides is 3. The average Bonchev–Trinajstić information content (AvgIpc) is 3.20. The Balaban J connectivity index is 1.71. The molecule has 0 saturated carbocycles. The smallest absolute Gasteiger partial charge is 0.260 e. The number of nitrogens with zero attached hydrogens (tertiary/aromatic N) is 1. The van der Waals surface area contributed by atoms with Gasteiger partial charge in [-0.15, -0.1) is 11.3 Å². The van der Waals surface area contributed by atoms with Crippen LogP contribution in [0, 0.1) is 0 Å². The minimum atomic E-state index is -0.543. The number of phenolic OH excluding ortho intramolecular Hbond substituents is 1. The standard InChI is InChI=1S/C22H20ClN3O4S/c1-24-19(28)14-5-3-13(4-6-14)12-26(2)22(30)17-9-10-31-21(17)25-20(29)16-8-7-15(23)11-18(16)27/h3-11,27H,12H2,1-2H3,(H,24,28)(H,25,29). The SMILES string of the molecule is CNC(=O)c1ccc(CN(C)C(=O)c2ccsc2NC(=O)c2ccc(Cl)cc2O)cc1. The van der Waals surface area contributed by atoms with E-state index in [0.717, 1.165) is 5.56 Å². The highest BCUT2D eigenvalue weighted by molar-refractivity contribution is 7.14. The normalized spacial score (nSPS) is 10.4. The zero-order valence-corrected chi connectivity index (χ0v) is 18.4. The van der Waals surface area contributed by atoms with Crippen LogP contribution in [-0.2, 0) is 6.54 Å². The number of halogens is 1. The molecule has 9 heteroatoms. The van der Waals surface area contributed by atoms with E-state index in [2.05, 4.69) is 10.6 Å². The molecule has 1 heterocycles. The molecule has 3 N–H and O–H groups in total. The minimum Gasteiger partial charge on any atom is -0.507 e. The first-order chi connectivity index (χ1) is 14.8. The molecule has 0 unspecified atom stereocenters. The predicted octanol–water partition coefficient (Wildman–Crippen LogP) is 3.99. The summed E-state index contributed by atoms with van der Waals surface area (Å²) >= 11 is 7.01. The average molecular weight is 458 g/mol. The van der Waals surface area contributed by atoms with Crippen molar-refractivity contribution in [3.05, 3.63) is 81.2 Å². The van der Waals surface area contributed by atoms with Gasteiger partial charge in [-0.1, -0.05) is 23.7 Å². The second-order valence-electron chi connectivity index (χ2n) is 6.72. The Morgan fingerprint density at radius 1 is 1.03 bits per heavy atom. The van der Waals surface area contributed by atoms with Crippen LogP contribution in [0.25, 0.3) is 0 Å². The van der Waals surface area contributed by atoms with Crippen LogP contribution in [0.2, 0.25) is 5.02 Å². The summed E-state index contributed by atoms with van der Waals surface area (Å²) in [6.45, 7) is 0.327. The van der Waals surface area contributed by atoms with Crippen LogP contribution in [-0.4, -0.2) is 41.8 Å². The van der Waals surface area contributed by atoms with Gasteiger partial charge in [-0.05, 0) is 47.3 Å². The van der Waals surface area contributed by atoms with Crippen molar-refractivity contribution < 1.29 is 19.5 Å². The van der Waals surface area contributed by atoms with E-state index in [9.17, 15) is 19.5 Å². The molecule has 0 aliphatic heterocycles. The van der Waals surface area contributed by atoms with Crippen LogP contribution in [0.1, 0.15) is 36.6 Å². The third-order valence-electron chi connectivity index (χ3n) is 4.54. The molecule has 160 valence electrons. The van der Waals surface area contributed by atoms with Crippen LogP contribution in [0.4, 0.5) is 5.00 Å². The summed E-state index contributed by atoms with van der Waals surface area (Å²) in [5.74, 6) is -1.24. The Labute approximate surface area is 188 Å². The molecular formula is C22H20ClN3O4S. The summed E-state index contributed by atoms with van der Waals surface area (Å²) in [5.41, 5.74) is 1.79. The number of carbonyl (C=O) groups excluding carboxylic acids is 3. The molecule has 0 atom stereocenters. The van der Waals surface area contributed by atoms with Gasteiger partial charge in [0, 0.05) is 31.2 Å². The van der Waals surface area contributed by atoms with Gasteiger partial charge >= 0.3 is 0 Å². The number of nitrogens with one attached hydrogen (secondary N) is 2. The van der Waals surface area contributed by atoms with Crippen LogP contribution in [0.3, 0.4) is 0 Å². The molecule has 2 aromatic carbocycles. The molecule has 0 radical (unpaired) electrons. The van der Waals surface area contributed by atoms with Crippen molar-refractivity contribution in [1.29, 1.82) is 0 Å². The van der Waals surface area contributed by atoms with Crippen molar-refractivity contribution in [2.75, 3.05) is 19.4 Å². The van der Waals surface area contributed by atoms with E-state index in [1.54, 1.807) is 49.8 Å². The minimum absolute atomic E-state index is 0.0563. The number of hydrogen-bond donors (Lipinski definition) is 3. The number of thiophene rings is 1. The largest absolute Gasteiger partial charge is 0.507 e. The molecule has 0 aliphatic carbocycles. The Morgan fingerprint density at radius 3 is 2.39 bits per heavy atom. The van der Waals surface area contributed by atoms with Gasteiger partial charge in [-0.25, -0.2) is 0 Å². The van der Waals surface area contributed by atoms with E-state index in [0.29, 0.717) is 27.7 Å². The molecule has 3 aromatic rings. The quantitative estimate of drug-likeness (QED) is 0.521. The molecular weight excluding hydrogens is 438 g/mol. The Bertz CT molecular complexity index is 1130. The summed E-state index contributed by atoms with van der Waals surface area (Å²) in [7, 11) is 3.22. The summed E-state index contributed by atoms with van der Waals surface area (Å²) in [4.78, 5) is 38.6. The zero-order valence-electron chi connectivity index (χ0n) is 16.8. The van der Waals surface area contributed by atoms with E-state index in [1.807, 2.05) is 0 Å². The van der Waals surface area contributed by atoms with Crippen LogP contribution in [0.15, 0.2) is 53.9 Å². The first kappa shape index (κ1) is 22.3. The summed E-state index contributed by atoms with van der Waals surface area (Å²) in [6.07, 6.45) is 0. The number of benzene rings is 2. The number of aromatic hydroxyl groups is 1. The Hall–Kier alpha value is -3.36. The summed E-state index contributed by atoms with van der Waals surface area (Å²) < 4.78 is 0. The number of phenols is 1. The fourth-order valence-corrected chi connectivity index (χ4v) is 3.84. The van der Waals surface area contributed by atoms with Crippen molar-refractivity contribution in [2.24, 2.45) is 0 Å². The van der Waals surface area contributed by atoms with Gasteiger partial charge in [0.1, 0.15) is 10.8 Å². The molecule has 0 saturated heterocycles. The van der Waals surface area contributed by atoms with Gasteiger partial charge in [0.15, 0.2) is 0 Å². The molecule has 0 spiro atoms. The van der Waals surface area contributed by atoms with Crippen molar-refractivity contribution in [1.82, 2.24) is 10.2 Å². The van der Waals surface area contributed by atoms with Crippen LogP contribution in [0.5, 0.6) is 5.75 Å². The fourth-order valence-electron chi connectivity index (χ4n) is 2.90. The van der Waals surface area contributed by atoms with Gasteiger partial charge in [0.25, 0.3) is 17.7 Å². The topological polar surface area (TPSA) is 98.7 Å². The third kappa shape index (κ3) is 5.22. The van der Waals surface area contributed by atoms with Crippen molar-refractivity contribution >= 4 is 45.7 Å². The molecule has 3 rings (SSSR count). The van der Waals surface area contributed by atoms with Gasteiger partial charge in [-0.2, -0.15) is 0 Å². The summed E-state index contributed by atoms with van der Waals surface area (Å²) in [5, 5.41) is 17.6. The van der Waals surface area contributed by atoms with Crippen LogP contribution < -0.4 is 10.6 Å². The Morgan fingerprint density at radius 2 is 1.74 bits per heavy atom. The predicted molar refractivity (Wildman–Crippen MR) is 121 cm³/mol. The van der Waals surface area contributed by atoms with Crippen molar-refractivity contribution in [2.45, 2.75) is 6.54 Å². The molecule has 0 aliphatic rings. The lowest BCUT2D eigenvalue weighted by Gasteiger charge is -2.18. The maximum Gasteiger partial charge on any atom is 0.260 e. The first-order valence-electron chi connectivity index (χ1n) is 9.24. The highest BCUT2D eigenvalue weighted by Crippen LogP contribution is 2.28. The highest BCUT2D eigenvalue weighted by Gasteiger charge is 2.20. The lowest BCUT2D eigenvalue weighted by Crippen LogP contribution is -2.27. The van der Waals surface area contributed by atoms with E-state index < -0.39 is 5.91 Å². The Kier molecular flexibility index (Phi) is 6.94. The maximum atomic E-state index is 12.9. The fraction of sp³-hybridized carbons (Fsp3) is 0.136. The van der Waals surface area contributed by atoms with Crippen molar-refractivity contribution in [3.63, 3.8) is 0 Å². The third-order valence-corrected chi connectivity index (χ3v) is 5.60. The van der Waals surface area contributed by atoms with Crippen LogP contribution >= 0.6 is 22.9 Å². The molecule has 1 aromatic heterocycles. The first-order valence-corrected chi connectivity index (χ1v) is 10.5. The van der Waals surface area contributed by atoms with E-state index in [4.69, 9.17) is 11.6 Å². The second-order valence-corrected chi connectivity index (χ2v) is 8.07. The molecule has 0 bridgehead atoms. The monoisotopic (exact) mass is 457 g/mol. The number of carbonyl (C=O) groups is 3. The van der Waals surface area contributed by atoms with E-state index in [-0.39, 0.29) is 23.1 Å². The lowest BCUT2D eigenvalue weighted by atomic mass is 10.1. The molecule has 0 fully saturated rings. The second kappa shape index (κ2) is 9.63. The molecule has 31 heavy (non-hydrogen) atoms. The lowest BCUT2D eigenvalue weighted by molar-refractivity contribution is 0.0786. The number of anilines is 1. The van der Waals surface area contributed by atoms with Crippen molar-refractivity contribution in [3.8, 4) is 5.75 Å². The summed E-state index contributed by atoms with van der Waals surface area (Å²) in [6, 6.07) is 12.8. The van der Waals surface area contributed by atoms with Gasteiger partial charge in [0.05, 0.1) is 11.1 Å². The molecule has 3 amide bonds. The zero-order chi connectivity index (χ0) is 22.5. The van der Waals surface area contributed by atoms with Gasteiger partial charge < -0.3 is 20.6 Å².